The number of carbonyl (C=O) groups is 1. The Kier molecular flexibility index (Phi) is 5.66. The average molecular weight is 407 g/mol. The van der Waals surface area contributed by atoms with E-state index < -0.39 is 0 Å². The predicted molar refractivity (Wildman–Crippen MR) is 107 cm³/mol. The number of thioether (sulfide) groups is 1. The van der Waals surface area contributed by atoms with Crippen molar-refractivity contribution in [2.24, 2.45) is 0 Å². The molecule has 0 aliphatic carbocycles. The third kappa shape index (κ3) is 4.13. The molecule has 0 unspecified atom stereocenters. The van der Waals surface area contributed by atoms with Gasteiger partial charge in [0.15, 0.2) is 6.79 Å². The Bertz CT molecular complexity index is 804. The standard InChI is InChI=1S/C20H23ClN2O3S/c21-17-9-15(19-16(10-17)13-25-14-26-19)12-22-18(24)11-20(3-7-27-8-4-20)23-5-1-2-6-23/h1-2,5-6,9-10H,3-4,7-8,11-14H2,(H,22,24). The lowest BCUT2D eigenvalue weighted by Gasteiger charge is -2.38. The number of hydrogen-bond donors (Lipinski definition) is 1. The summed E-state index contributed by atoms with van der Waals surface area (Å²) in [6.07, 6.45) is 6.64. The van der Waals surface area contributed by atoms with Gasteiger partial charge in [-0.2, -0.15) is 11.8 Å². The number of benzene rings is 1. The first kappa shape index (κ1) is 18.7. The zero-order valence-electron chi connectivity index (χ0n) is 15.1. The highest BCUT2D eigenvalue weighted by atomic mass is 35.5. The Morgan fingerprint density at radius 1 is 1.26 bits per heavy atom. The molecule has 7 heteroatoms. The van der Waals surface area contributed by atoms with Crippen molar-refractivity contribution in [2.75, 3.05) is 18.3 Å². The van der Waals surface area contributed by atoms with Gasteiger partial charge in [-0.1, -0.05) is 11.6 Å². The average Bonchev–Trinajstić information content (AvgIpc) is 3.22. The van der Waals surface area contributed by atoms with Crippen molar-refractivity contribution in [3.05, 3.63) is 52.8 Å². The van der Waals surface area contributed by atoms with Crippen molar-refractivity contribution in [3.63, 3.8) is 0 Å². The van der Waals surface area contributed by atoms with Gasteiger partial charge in [0.2, 0.25) is 5.91 Å². The van der Waals surface area contributed by atoms with Crippen LogP contribution in [-0.2, 0) is 28.2 Å². The topological polar surface area (TPSA) is 52.5 Å². The minimum absolute atomic E-state index is 0.0522. The molecule has 2 aliphatic heterocycles. The van der Waals surface area contributed by atoms with Gasteiger partial charge in [-0.15, -0.1) is 0 Å². The maximum Gasteiger partial charge on any atom is 0.222 e. The second-order valence-electron chi connectivity index (χ2n) is 7.04. The van der Waals surface area contributed by atoms with E-state index in [9.17, 15) is 4.79 Å². The Hall–Kier alpha value is -1.63. The number of ether oxygens (including phenoxy) is 2. The third-order valence-corrected chi connectivity index (χ3v) is 6.50. The SMILES string of the molecule is O=C(CC1(n2cccc2)CCSCC1)NCc1cc(Cl)cc2c1OCOC2. The normalized spacial score (nSPS) is 18.4. The van der Waals surface area contributed by atoms with Gasteiger partial charge in [0.25, 0.3) is 0 Å². The van der Waals surface area contributed by atoms with Crippen molar-refractivity contribution < 1.29 is 14.3 Å². The molecule has 2 aromatic rings. The summed E-state index contributed by atoms with van der Waals surface area (Å²) in [4.78, 5) is 12.8. The Labute approximate surface area is 168 Å². The van der Waals surface area contributed by atoms with Crippen molar-refractivity contribution in [3.8, 4) is 5.75 Å². The summed E-state index contributed by atoms with van der Waals surface area (Å²) >= 11 is 8.17. The molecule has 0 bridgehead atoms. The maximum absolute atomic E-state index is 12.8. The predicted octanol–water partition coefficient (Wildman–Crippen LogP) is 3.94. The maximum atomic E-state index is 12.8. The summed E-state index contributed by atoms with van der Waals surface area (Å²) in [6, 6.07) is 7.76. The molecule has 0 atom stereocenters. The van der Waals surface area contributed by atoms with Crippen LogP contribution in [0.2, 0.25) is 5.02 Å². The molecule has 1 aromatic heterocycles. The summed E-state index contributed by atoms with van der Waals surface area (Å²) in [5, 5.41) is 3.70. The number of halogens is 1. The van der Waals surface area contributed by atoms with Crippen LogP contribution in [0.5, 0.6) is 5.75 Å². The van der Waals surface area contributed by atoms with E-state index in [0.29, 0.717) is 24.6 Å². The zero-order valence-corrected chi connectivity index (χ0v) is 16.7. The van der Waals surface area contributed by atoms with Crippen LogP contribution in [0.25, 0.3) is 0 Å². The Morgan fingerprint density at radius 3 is 2.81 bits per heavy atom. The Balaban J connectivity index is 1.46. The van der Waals surface area contributed by atoms with E-state index in [4.69, 9.17) is 21.1 Å². The second-order valence-corrected chi connectivity index (χ2v) is 8.71. The first-order chi connectivity index (χ1) is 13.2. The quantitative estimate of drug-likeness (QED) is 0.817. The smallest absolute Gasteiger partial charge is 0.222 e. The van der Waals surface area contributed by atoms with Crippen molar-refractivity contribution in [1.82, 2.24) is 9.88 Å². The molecule has 144 valence electrons. The van der Waals surface area contributed by atoms with E-state index >= 15 is 0 Å². The highest BCUT2D eigenvalue weighted by Gasteiger charge is 2.35. The summed E-state index contributed by atoms with van der Waals surface area (Å²) in [5.41, 5.74) is 1.69. The number of amides is 1. The molecule has 0 radical (unpaired) electrons. The third-order valence-electron chi connectivity index (χ3n) is 5.29. The molecule has 3 heterocycles. The van der Waals surface area contributed by atoms with Crippen LogP contribution in [-0.4, -0.2) is 28.8 Å². The molecule has 2 aliphatic rings. The molecule has 1 amide bonds. The van der Waals surface area contributed by atoms with E-state index in [1.807, 2.05) is 36.0 Å². The minimum atomic E-state index is -0.128. The lowest BCUT2D eigenvalue weighted by atomic mass is 9.87. The zero-order chi connectivity index (χ0) is 18.7. The molecular weight excluding hydrogens is 384 g/mol. The van der Waals surface area contributed by atoms with Crippen molar-refractivity contribution >= 4 is 29.3 Å². The summed E-state index contributed by atoms with van der Waals surface area (Å²) in [6.45, 7) is 1.10. The highest BCUT2D eigenvalue weighted by molar-refractivity contribution is 7.99. The Morgan fingerprint density at radius 2 is 2.04 bits per heavy atom. The molecule has 1 aromatic carbocycles. The van der Waals surface area contributed by atoms with Crippen molar-refractivity contribution in [1.29, 1.82) is 0 Å². The lowest BCUT2D eigenvalue weighted by Crippen LogP contribution is -2.41. The largest absolute Gasteiger partial charge is 0.467 e. The number of rotatable bonds is 5. The van der Waals surface area contributed by atoms with Crippen LogP contribution in [0.15, 0.2) is 36.7 Å². The van der Waals surface area contributed by atoms with Crippen LogP contribution in [0.1, 0.15) is 30.4 Å². The first-order valence-corrected chi connectivity index (χ1v) is 10.7. The van der Waals surface area contributed by atoms with Crippen LogP contribution >= 0.6 is 23.4 Å². The second kappa shape index (κ2) is 8.17. The highest BCUT2D eigenvalue weighted by Crippen LogP contribution is 2.37. The van der Waals surface area contributed by atoms with Gasteiger partial charge in [0, 0.05) is 35.1 Å². The van der Waals surface area contributed by atoms with E-state index in [2.05, 4.69) is 22.3 Å². The number of aromatic nitrogens is 1. The van der Waals surface area contributed by atoms with Gasteiger partial charge in [0.1, 0.15) is 5.75 Å². The fraction of sp³-hybridized carbons (Fsp3) is 0.450. The van der Waals surface area contributed by atoms with Gasteiger partial charge in [-0.25, -0.2) is 0 Å². The minimum Gasteiger partial charge on any atom is -0.467 e. The fourth-order valence-corrected chi connectivity index (χ4v) is 5.39. The first-order valence-electron chi connectivity index (χ1n) is 9.16. The number of hydrogen-bond acceptors (Lipinski definition) is 4. The fourth-order valence-electron chi connectivity index (χ4n) is 3.87. The van der Waals surface area contributed by atoms with E-state index in [1.54, 1.807) is 0 Å². The van der Waals surface area contributed by atoms with E-state index in [-0.39, 0.29) is 18.2 Å². The summed E-state index contributed by atoms with van der Waals surface area (Å²) < 4.78 is 13.2. The van der Waals surface area contributed by atoms with Gasteiger partial charge in [0.05, 0.1) is 18.6 Å². The van der Waals surface area contributed by atoms with Crippen LogP contribution in [0.3, 0.4) is 0 Å². The monoisotopic (exact) mass is 406 g/mol. The van der Waals surface area contributed by atoms with Gasteiger partial charge in [-0.3, -0.25) is 4.79 Å². The molecule has 27 heavy (non-hydrogen) atoms. The number of nitrogens with one attached hydrogen (secondary N) is 1. The molecule has 0 spiro atoms. The molecule has 1 N–H and O–H groups in total. The summed E-state index contributed by atoms with van der Waals surface area (Å²) in [5.74, 6) is 3.00. The van der Waals surface area contributed by atoms with Crippen LogP contribution in [0.4, 0.5) is 0 Å². The van der Waals surface area contributed by atoms with Gasteiger partial charge < -0.3 is 19.4 Å². The molecular formula is C20H23ClN2O3S. The number of nitrogens with zero attached hydrogens (tertiary/aromatic N) is 1. The van der Waals surface area contributed by atoms with Crippen molar-refractivity contribution in [2.45, 2.75) is 38.0 Å². The number of carbonyl (C=O) groups excluding carboxylic acids is 1. The molecule has 1 fully saturated rings. The molecule has 1 saturated heterocycles. The van der Waals surface area contributed by atoms with Gasteiger partial charge in [-0.05, 0) is 48.6 Å². The number of fused-ring (bicyclic) bond motifs is 1. The van der Waals surface area contributed by atoms with Gasteiger partial charge >= 0.3 is 0 Å². The van der Waals surface area contributed by atoms with Crippen LogP contribution < -0.4 is 10.1 Å². The summed E-state index contributed by atoms with van der Waals surface area (Å²) in [7, 11) is 0. The molecule has 5 nitrogen and oxygen atoms in total. The van der Waals surface area contributed by atoms with E-state index in [1.165, 1.54) is 0 Å². The van der Waals surface area contributed by atoms with Crippen LogP contribution in [0, 0.1) is 0 Å². The van der Waals surface area contributed by atoms with E-state index in [0.717, 1.165) is 41.2 Å². The molecule has 4 rings (SSSR count). The molecule has 0 saturated carbocycles. The lowest BCUT2D eigenvalue weighted by molar-refractivity contribution is -0.123.